The van der Waals surface area contributed by atoms with Crippen LogP contribution in [0.5, 0.6) is 11.5 Å². The third-order valence-electron chi connectivity index (χ3n) is 4.08. The molecule has 0 fully saturated rings. The van der Waals surface area contributed by atoms with Crippen LogP contribution in [-0.2, 0) is 17.6 Å². The van der Waals surface area contributed by atoms with Gasteiger partial charge >= 0.3 is 0 Å². The van der Waals surface area contributed by atoms with Gasteiger partial charge in [0.05, 0.1) is 20.0 Å². The predicted molar refractivity (Wildman–Crippen MR) is 106 cm³/mol. The van der Waals surface area contributed by atoms with Crippen molar-refractivity contribution in [2.45, 2.75) is 31.8 Å². The Bertz CT molecular complexity index is 851. The SMILES string of the molecule is CCc1c(C)nc(SCC(=O)NCCc2ccc(OC)c(OC)c2)[nH]c1=O. The van der Waals surface area contributed by atoms with Crippen molar-refractivity contribution in [2.24, 2.45) is 0 Å². The van der Waals surface area contributed by atoms with E-state index < -0.39 is 0 Å². The Hall–Kier alpha value is -2.48. The summed E-state index contributed by atoms with van der Waals surface area (Å²) in [4.78, 5) is 31.0. The van der Waals surface area contributed by atoms with Crippen molar-refractivity contribution in [1.29, 1.82) is 0 Å². The highest BCUT2D eigenvalue weighted by Crippen LogP contribution is 2.27. The van der Waals surface area contributed by atoms with E-state index in [1.165, 1.54) is 11.8 Å². The molecule has 27 heavy (non-hydrogen) atoms. The molecular formula is C19H25N3O4S. The van der Waals surface area contributed by atoms with Gasteiger partial charge in [0.15, 0.2) is 16.7 Å². The molecule has 1 amide bonds. The zero-order valence-electron chi connectivity index (χ0n) is 16.0. The van der Waals surface area contributed by atoms with Crippen LogP contribution in [0, 0.1) is 6.92 Å². The van der Waals surface area contributed by atoms with E-state index in [2.05, 4.69) is 15.3 Å². The van der Waals surface area contributed by atoms with Gasteiger partial charge in [-0.25, -0.2) is 4.98 Å². The van der Waals surface area contributed by atoms with Gasteiger partial charge < -0.3 is 19.8 Å². The molecule has 0 unspecified atom stereocenters. The fourth-order valence-electron chi connectivity index (χ4n) is 2.64. The molecule has 0 saturated heterocycles. The van der Waals surface area contributed by atoms with Gasteiger partial charge in [0.2, 0.25) is 5.91 Å². The average Bonchev–Trinajstić information content (AvgIpc) is 2.66. The van der Waals surface area contributed by atoms with E-state index in [0.717, 1.165) is 5.56 Å². The highest BCUT2D eigenvalue weighted by molar-refractivity contribution is 7.99. The molecule has 0 aliphatic rings. The number of hydrogen-bond donors (Lipinski definition) is 2. The lowest BCUT2D eigenvalue weighted by Crippen LogP contribution is -2.27. The molecule has 8 heteroatoms. The van der Waals surface area contributed by atoms with Gasteiger partial charge in [0, 0.05) is 17.8 Å². The number of carbonyl (C=O) groups is 1. The van der Waals surface area contributed by atoms with Gasteiger partial charge in [-0.15, -0.1) is 0 Å². The number of aromatic amines is 1. The van der Waals surface area contributed by atoms with Crippen LogP contribution in [0.25, 0.3) is 0 Å². The van der Waals surface area contributed by atoms with E-state index in [-0.39, 0.29) is 17.2 Å². The minimum atomic E-state index is -0.138. The van der Waals surface area contributed by atoms with Crippen LogP contribution >= 0.6 is 11.8 Å². The van der Waals surface area contributed by atoms with Crippen molar-refractivity contribution in [3.8, 4) is 11.5 Å². The lowest BCUT2D eigenvalue weighted by atomic mass is 10.1. The second-order valence-electron chi connectivity index (χ2n) is 5.87. The fourth-order valence-corrected chi connectivity index (χ4v) is 3.37. The van der Waals surface area contributed by atoms with Gasteiger partial charge in [-0.05, 0) is 37.5 Å². The summed E-state index contributed by atoms with van der Waals surface area (Å²) in [7, 11) is 3.18. The number of hydrogen-bond acceptors (Lipinski definition) is 6. The summed E-state index contributed by atoms with van der Waals surface area (Å²) in [5.41, 5.74) is 2.29. The molecule has 0 saturated carbocycles. The van der Waals surface area contributed by atoms with Gasteiger partial charge in [-0.1, -0.05) is 24.8 Å². The van der Waals surface area contributed by atoms with Crippen molar-refractivity contribution in [1.82, 2.24) is 15.3 Å². The summed E-state index contributed by atoms with van der Waals surface area (Å²) >= 11 is 1.22. The molecule has 0 aliphatic heterocycles. The topological polar surface area (TPSA) is 93.3 Å². The van der Waals surface area contributed by atoms with Crippen molar-refractivity contribution in [3.63, 3.8) is 0 Å². The Balaban J connectivity index is 1.82. The molecule has 7 nitrogen and oxygen atoms in total. The molecule has 2 rings (SSSR count). The van der Waals surface area contributed by atoms with E-state index in [9.17, 15) is 9.59 Å². The molecule has 2 aromatic rings. The standard InChI is InChI=1S/C19H25N3O4S/c1-5-14-12(2)21-19(22-18(14)24)27-11-17(23)20-9-8-13-6-7-15(25-3)16(10-13)26-4/h6-7,10H,5,8-9,11H2,1-4H3,(H,20,23)(H,21,22,24). The van der Waals surface area contributed by atoms with Crippen LogP contribution in [0.2, 0.25) is 0 Å². The lowest BCUT2D eigenvalue weighted by Gasteiger charge is -2.10. The number of nitrogens with one attached hydrogen (secondary N) is 2. The molecule has 1 heterocycles. The van der Waals surface area contributed by atoms with Crippen LogP contribution < -0.4 is 20.3 Å². The van der Waals surface area contributed by atoms with E-state index in [1.54, 1.807) is 21.1 Å². The average molecular weight is 391 g/mol. The second kappa shape index (κ2) is 10.0. The van der Waals surface area contributed by atoms with E-state index in [0.29, 0.717) is 47.3 Å². The van der Waals surface area contributed by atoms with Crippen molar-refractivity contribution >= 4 is 17.7 Å². The molecular weight excluding hydrogens is 366 g/mol. The summed E-state index contributed by atoms with van der Waals surface area (Å²) in [5.74, 6) is 1.42. The minimum Gasteiger partial charge on any atom is -0.493 e. The van der Waals surface area contributed by atoms with Gasteiger partial charge in [0.25, 0.3) is 5.56 Å². The number of thioether (sulfide) groups is 1. The van der Waals surface area contributed by atoms with Crippen LogP contribution in [0.15, 0.2) is 28.2 Å². The van der Waals surface area contributed by atoms with Crippen molar-refractivity contribution < 1.29 is 14.3 Å². The largest absolute Gasteiger partial charge is 0.493 e. The highest BCUT2D eigenvalue weighted by Gasteiger charge is 2.09. The maximum Gasteiger partial charge on any atom is 0.254 e. The van der Waals surface area contributed by atoms with Gasteiger partial charge in [0.1, 0.15) is 0 Å². The van der Waals surface area contributed by atoms with E-state index >= 15 is 0 Å². The quantitative estimate of drug-likeness (QED) is 0.502. The smallest absolute Gasteiger partial charge is 0.254 e. The zero-order valence-corrected chi connectivity index (χ0v) is 16.9. The lowest BCUT2D eigenvalue weighted by molar-refractivity contribution is -0.118. The third-order valence-corrected chi connectivity index (χ3v) is 4.95. The fraction of sp³-hybridized carbons (Fsp3) is 0.421. The Labute approximate surface area is 162 Å². The molecule has 1 aromatic heterocycles. The molecule has 1 aromatic carbocycles. The molecule has 0 atom stereocenters. The third kappa shape index (κ3) is 5.75. The summed E-state index contributed by atoms with van der Waals surface area (Å²) in [6.07, 6.45) is 1.31. The van der Waals surface area contributed by atoms with Crippen LogP contribution in [0.1, 0.15) is 23.7 Å². The highest BCUT2D eigenvalue weighted by atomic mass is 32.2. The van der Waals surface area contributed by atoms with Crippen LogP contribution in [-0.4, -0.2) is 42.4 Å². The monoisotopic (exact) mass is 391 g/mol. The maximum atomic E-state index is 12.0. The number of ether oxygens (including phenoxy) is 2. The van der Waals surface area contributed by atoms with Crippen molar-refractivity contribution in [2.75, 3.05) is 26.5 Å². The number of aromatic nitrogens is 2. The number of benzene rings is 1. The number of H-pyrrole nitrogens is 1. The zero-order chi connectivity index (χ0) is 19.8. The Morgan fingerprint density at radius 2 is 2.00 bits per heavy atom. The van der Waals surface area contributed by atoms with Gasteiger partial charge in [-0.2, -0.15) is 0 Å². The molecule has 0 bridgehead atoms. The number of amides is 1. The minimum absolute atomic E-state index is 0.111. The molecule has 0 radical (unpaired) electrons. The van der Waals surface area contributed by atoms with E-state index in [4.69, 9.17) is 9.47 Å². The van der Waals surface area contributed by atoms with Crippen molar-refractivity contribution in [3.05, 3.63) is 45.4 Å². The first-order valence-corrected chi connectivity index (χ1v) is 9.67. The number of carbonyl (C=O) groups excluding carboxylic acids is 1. The number of methoxy groups -OCH3 is 2. The van der Waals surface area contributed by atoms with E-state index in [1.807, 2.05) is 25.1 Å². The molecule has 0 spiro atoms. The number of aryl methyl sites for hydroxylation is 1. The first-order chi connectivity index (χ1) is 13.0. The summed E-state index contributed by atoms with van der Waals surface area (Å²) in [6, 6.07) is 5.68. The molecule has 2 N–H and O–H groups in total. The summed E-state index contributed by atoms with van der Waals surface area (Å²) in [5, 5.41) is 3.33. The Morgan fingerprint density at radius 1 is 1.26 bits per heavy atom. The Morgan fingerprint density at radius 3 is 2.63 bits per heavy atom. The Kier molecular flexibility index (Phi) is 7.72. The second-order valence-corrected chi connectivity index (χ2v) is 6.83. The summed E-state index contributed by atoms with van der Waals surface area (Å²) in [6.45, 7) is 4.23. The number of nitrogens with zero attached hydrogens (tertiary/aromatic N) is 1. The van der Waals surface area contributed by atoms with Gasteiger partial charge in [-0.3, -0.25) is 9.59 Å². The maximum absolute atomic E-state index is 12.0. The first kappa shape index (κ1) is 20.8. The first-order valence-electron chi connectivity index (χ1n) is 8.68. The number of rotatable bonds is 9. The van der Waals surface area contributed by atoms with Crippen LogP contribution in [0.4, 0.5) is 0 Å². The normalized spacial score (nSPS) is 10.5. The van der Waals surface area contributed by atoms with Crippen LogP contribution in [0.3, 0.4) is 0 Å². The molecule has 0 aliphatic carbocycles. The summed E-state index contributed by atoms with van der Waals surface area (Å²) < 4.78 is 10.5. The predicted octanol–water partition coefficient (Wildman–Crippen LogP) is 2.11. The molecule has 146 valence electrons.